The number of rotatable bonds is 2. The summed E-state index contributed by atoms with van der Waals surface area (Å²) in [5, 5.41) is 3.61. The summed E-state index contributed by atoms with van der Waals surface area (Å²) in [5.41, 5.74) is 0. The largest absolute Gasteiger partial charge is 0.356 e. The molecule has 2 rings (SSSR count). The molecule has 0 spiro atoms. The van der Waals surface area contributed by atoms with Crippen molar-refractivity contribution < 1.29 is 4.79 Å². The maximum atomic E-state index is 10.9. The summed E-state index contributed by atoms with van der Waals surface area (Å²) in [7, 11) is 0. The van der Waals surface area contributed by atoms with E-state index in [2.05, 4.69) is 15.2 Å². The molecule has 1 amide bonds. The van der Waals surface area contributed by atoms with Gasteiger partial charge >= 0.3 is 0 Å². The minimum Gasteiger partial charge on any atom is -0.356 e. The van der Waals surface area contributed by atoms with Crippen LogP contribution in [-0.2, 0) is 4.79 Å². The number of piperidine rings is 1. The monoisotopic (exact) mass is 253 g/mol. The van der Waals surface area contributed by atoms with Crippen LogP contribution in [0.1, 0.15) is 19.8 Å². The van der Waals surface area contributed by atoms with E-state index in [1.807, 2.05) is 12.1 Å². The highest BCUT2D eigenvalue weighted by molar-refractivity contribution is 6.30. The number of hydrogen-bond donors (Lipinski definition) is 1. The fraction of sp³-hybridized carbons (Fsp3) is 0.500. The van der Waals surface area contributed by atoms with Crippen LogP contribution in [0.5, 0.6) is 0 Å². The first-order valence-electron chi connectivity index (χ1n) is 5.79. The lowest BCUT2D eigenvalue weighted by Crippen LogP contribution is -2.44. The number of hydrogen-bond acceptors (Lipinski definition) is 3. The fourth-order valence-corrected chi connectivity index (χ4v) is 2.21. The van der Waals surface area contributed by atoms with Crippen molar-refractivity contribution in [3.63, 3.8) is 0 Å². The van der Waals surface area contributed by atoms with Gasteiger partial charge in [-0.1, -0.05) is 11.6 Å². The predicted molar refractivity (Wildman–Crippen MR) is 68.3 cm³/mol. The van der Waals surface area contributed by atoms with Crippen LogP contribution in [0.15, 0.2) is 18.3 Å². The zero-order valence-electron chi connectivity index (χ0n) is 9.82. The van der Waals surface area contributed by atoms with Gasteiger partial charge in [-0.15, -0.1) is 0 Å². The second-order valence-corrected chi connectivity index (χ2v) is 4.73. The standard InChI is InChI=1S/C12H16ClN3O/c1-9(17)15-11-4-6-16(7-5-11)12-3-2-10(13)8-14-12/h2-3,8,11H,4-7H2,1H3,(H,15,17). The Morgan fingerprint density at radius 2 is 2.18 bits per heavy atom. The molecule has 1 aromatic heterocycles. The van der Waals surface area contributed by atoms with Crippen molar-refractivity contribution in [2.24, 2.45) is 0 Å². The molecule has 0 radical (unpaired) electrons. The number of amides is 1. The Bertz CT molecular complexity index is 385. The zero-order valence-corrected chi connectivity index (χ0v) is 10.6. The SMILES string of the molecule is CC(=O)NC1CCN(c2ccc(Cl)cn2)CC1. The number of pyridine rings is 1. The van der Waals surface area contributed by atoms with E-state index in [9.17, 15) is 4.79 Å². The molecule has 1 N–H and O–H groups in total. The van der Waals surface area contributed by atoms with Gasteiger partial charge < -0.3 is 10.2 Å². The summed E-state index contributed by atoms with van der Waals surface area (Å²) in [5.74, 6) is 1.00. The van der Waals surface area contributed by atoms with Crippen molar-refractivity contribution in [2.75, 3.05) is 18.0 Å². The number of nitrogens with zero attached hydrogens (tertiary/aromatic N) is 2. The smallest absolute Gasteiger partial charge is 0.217 e. The highest BCUT2D eigenvalue weighted by Crippen LogP contribution is 2.19. The van der Waals surface area contributed by atoms with Crippen LogP contribution in [0.3, 0.4) is 0 Å². The van der Waals surface area contributed by atoms with Crippen LogP contribution in [0.4, 0.5) is 5.82 Å². The molecule has 1 aliphatic rings. The summed E-state index contributed by atoms with van der Waals surface area (Å²) in [6.07, 6.45) is 3.59. The van der Waals surface area contributed by atoms with Gasteiger partial charge in [0.25, 0.3) is 0 Å². The lowest BCUT2D eigenvalue weighted by Gasteiger charge is -2.32. The van der Waals surface area contributed by atoms with Crippen molar-refractivity contribution in [3.8, 4) is 0 Å². The topological polar surface area (TPSA) is 45.2 Å². The molecule has 1 saturated heterocycles. The number of nitrogens with one attached hydrogen (secondary N) is 1. The molecule has 4 nitrogen and oxygen atoms in total. The van der Waals surface area contributed by atoms with Crippen molar-refractivity contribution in [3.05, 3.63) is 23.4 Å². The Morgan fingerprint density at radius 3 is 2.71 bits per heavy atom. The van der Waals surface area contributed by atoms with E-state index in [4.69, 9.17) is 11.6 Å². The van der Waals surface area contributed by atoms with Crippen molar-refractivity contribution in [2.45, 2.75) is 25.8 Å². The molecule has 1 fully saturated rings. The quantitative estimate of drug-likeness (QED) is 0.875. The Hall–Kier alpha value is -1.29. The van der Waals surface area contributed by atoms with Gasteiger partial charge in [-0.3, -0.25) is 4.79 Å². The molecule has 0 unspecified atom stereocenters. The average molecular weight is 254 g/mol. The van der Waals surface area contributed by atoms with Crippen LogP contribution in [-0.4, -0.2) is 30.0 Å². The van der Waals surface area contributed by atoms with Crippen LogP contribution >= 0.6 is 11.6 Å². The highest BCUT2D eigenvalue weighted by Gasteiger charge is 2.20. The first-order chi connectivity index (χ1) is 8.15. The van der Waals surface area contributed by atoms with Crippen molar-refractivity contribution >= 4 is 23.3 Å². The Balaban J connectivity index is 1.90. The molecule has 1 aliphatic heterocycles. The van der Waals surface area contributed by atoms with Gasteiger partial charge in [0.2, 0.25) is 5.91 Å². The Kier molecular flexibility index (Phi) is 3.84. The molecule has 0 aliphatic carbocycles. The van der Waals surface area contributed by atoms with E-state index >= 15 is 0 Å². The number of anilines is 1. The van der Waals surface area contributed by atoms with Gasteiger partial charge in [0.15, 0.2) is 0 Å². The van der Waals surface area contributed by atoms with E-state index in [0.29, 0.717) is 11.1 Å². The van der Waals surface area contributed by atoms with E-state index in [1.165, 1.54) is 0 Å². The van der Waals surface area contributed by atoms with Crippen LogP contribution < -0.4 is 10.2 Å². The van der Waals surface area contributed by atoms with Crippen molar-refractivity contribution in [1.29, 1.82) is 0 Å². The maximum Gasteiger partial charge on any atom is 0.217 e. The van der Waals surface area contributed by atoms with Gasteiger partial charge in [-0.2, -0.15) is 0 Å². The number of halogens is 1. The van der Waals surface area contributed by atoms with Gasteiger partial charge in [0, 0.05) is 32.3 Å². The molecule has 1 aromatic rings. The highest BCUT2D eigenvalue weighted by atomic mass is 35.5. The Labute approximate surface area is 106 Å². The Morgan fingerprint density at radius 1 is 1.47 bits per heavy atom. The van der Waals surface area contributed by atoms with Crippen LogP contribution in [0.25, 0.3) is 0 Å². The third-order valence-corrected chi connectivity index (χ3v) is 3.16. The normalized spacial score (nSPS) is 16.9. The zero-order chi connectivity index (χ0) is 12.3. The summed E-state index contributed by atoms with van der Waals surface area (Å²) in [4.78, 5) is 17.5. The molecule has 0 saturated carbocycles. The summed E-state index contributed by atoms with van der Waals surface area (Å²) in [6.45, 7) is 3.40. The lowest BCUT2D eigenvalue weighted by atomic mass is 10.1. The molecular weight excluding hydrogens is 238 g/mol. The maximum absolute atomic E-state index is 10.9. The first-order valence-corrected chi connectivity index (χ1v) is 6.16. The van der Waals surface area contributed by atoms with Crippen LogP contribution in [0, 0.1) is 0 Å². The molecule has 0 aromatic carbocycles. The number of carbonyl (C=O) groups excluding carboxylic acids is 1. The van der Waals surface area contributed by atoms with Gasteiger partial charge in [-0.05, 0) is 25.0 Å². The third kappa shape index (κ3) is 3.33. The molecular formula is C12H16ClN3O. The predicted octanol–water partition coefficient (Wildman–Crippen LogP) is 1.84. The molecule has 5 heteroatoms. The second-order valence-electron chi connectivity index (χ2n) is 4.30. The second kappa shape index (κ2) is 5.36. The van der Waals surface area contributed by atoms with Gasteiger partial charge in [0.1, 0.15) is 5.82 Å². The minimum absolute atomic E-state index is 0.0491. The molecule has 17 heavy (non-hydrogen) atoms. The fourth-order valence-electron chi connectivity index (χ4n) is 2.10. The molecule has 92 valence electrons. The number of carbonyl (C=O) groups is 1. The first kappa shape index (κ1) is 12.2. The van der Waals surface area contributed by atoms with Gasteiger partial charge in [-0.25, -0.2) is 4.98 Å². The average Bonchev–Trinajstić information content (AvgIpc) is 2.30. The van der Waals surface area contributed by atoms with E-state index < -0.39 is 0 Å². The van der Waals surface area contributed by atoms with E-state index in [0.717, 1.165) is 31.7 Å². The third-order valence-electron chi connectivity index (χ3n) is 2.94. The minimum atomic E-state index is 0.0491. The van der Waals surface area contributed by atoms with E-state index in [-0.39, 0.29) is 5.91 Å². The summed E-state index contributed by atoms with van der Waals surface area (Å²) >= 11 is 5.80. The number of aromatic nitrogens is 1. The van der Waals surface area contributed by atoms with E-state index in [1.54, 1.807) is 13.1 Å². The molecule has 0 bridgehead atoms. The lowest BCUT2D eigenvalue weighted by molar-refractivity contribution is -0.119. The summed E-state index contributed by atoms with van der Waals surface area (Å²) < 4.78 is 0. The van der Waals surface area contributed by atoms with Crippen LogP contribution in [0.2, 0.25) is 5.02 Å². The molecule has 0 atom stereocenters. The molecule has 2 heterocycles. The van der Waals surface area contributed by atoms with Crippen molar-refractivity contribution in [1.82, 2.24) is 10.3 Å². The summed E-state index contributed by atoms with van der Waals surface area (Å²) in [6, 6.07) is 4.08. The van der Waals surface area contributed by atoms with Gasteiger partial charge in [0.05, 0.1) is 5.02 Å².